The molecule has 0 saturated heterocycles. The van der Waals surface area contributed by atoms with E-state index >= 15 is 0 Å². The molecule has 0 unspecified atom stereocenters. The second-order valence-electron chi connectivity index (χ2n) is 12.8. The summed E-state index contributed by atoms with van der Waals surface area (Å²) in [6.45, 7) is 9.07. The predicted octanol–water partition coefficient (Wildman–Crippen LogP) is 7.09. The lowest BCUT2D eigenvalue weighted by atomic mass is 9.63. The molecule has 5 rings (SSSR count). The highest BCUT2D eigenvalue weighted by Gasteiger charge is 2.50. The number of methoxy groups -OCH3 is 1. The molecule has 0 spiro atoms. The molecule has 1 heterocycles. The van der Waals surface area contributed by atoms with Crippen molar-refractivity contribution in [2.75, 3.05) is 20.3 Å². The van der Waals surface area contributed by atoms with Crippen LogP contribution in [-0.2, 0) is 24.4 Å². The number of Topliss-reactive ketones (excluding diaryl/α,β-unsaturated/α-hetero) is 2. The Balaban J connectivity index is 1.79. The van der Waals surface area contributed by atoms with E-state index in [4.69, 9.17) is 32.1 Å². The molecule has 0 amide bonds. The molecule has 0 saturated carbocycles. The molecule has 0 atom stereocenters. The van der Waals surface area contributed by atoms with Gasteiger partial charge in [0, 0.05) is 65.5 Å². The average molecular weight is 633 g/mol. The van der Waals surface area contributed by atoms with Crippen LogP contribution in [0.4, 0.5) is 0 Å². The zero-order chi connectivity index (χ0) is 30.6. The molecule has 0 bridgehead atoms. The molecule has 0 radical (unpaired) electrons. The van der Waals surface area contributed by atoms with Crippen molar-refractivity contribution >= 4 is 44.9 Å². The van der Waals surface area contributed by atoms with Crippen LogP contribution in [0.15, 0.2) is 69.9 Å². The van der Waals surface area contributed by atoms with E-state index in [1.54, 1.807) is 31.4 Å². The molecular weight excluding hydrogens is 597 g/mol. The van der Waals surface area contributed by atoms with Crippen LogP contribution in [0.1, 0.15) is 64.9 Å². The van der Waals surface area contributed by atoms with Crippen LogP contribution in [0.25, 0.3) is 0 Å². The molecule has 224 valence electrons. The Morgan fingerprint density at radius 3 is 1.95 bits per heavy atom. The van der Waals surface area contributed by atoms with Gasteiger partial charge in [0.1, 0.15) is 4.90 Å². The summed E-state index contributed by atoms with van der Waals surface area (Å²) in [6, 6.07) is 10.7. The summed E-state index contributed by atoms with van der Waals surface area (Å²) in [4.78, 5) is 30.2. The predicted molar refractivity (Wildman–Crippen MR) is 162 cm³/mol. The maximum Gasteiger partial charge on any atom is 0.339 e. The third kappa shape index (κ3) is 5.79. The molecule has 0 N–H and O–H groups in total. The Hall–Kier alpha value is -2.65. The smallest absolute Gasteiger partial charge is 0.339 e. The van der Waals surface area contributed by atoms with Crippen molar-refractivity contribution in [3.05, 3.63) is 80.6 Å². The minimum Gasteiger partial charge on any atom is -0.383 e. The molecule has 7 nitrogen and oxygen atoms in total. The lowest BCUT2D eigenvalue weighted by Crippen LogP contribution is -2.45. The first kappa shape index (κ1) is 30.8. The number of halogens is 2. The van der Waals surface area contributed by atoms with Gasteiger partial charge in [-0.15, -0.1) is 0 Å². The van der Waals surface area contributed by atoms with Crippen LogP contribution in [0.5, 0.6) is 5.75 Å². The minimum atomic E-state index is -4.31. The molecule has 10 heteroatoms. The van der Waals surface area contributed by atoms with Crippen molar-refractivity contribution in [1.29, 1.82) is 0 Å². The first-order valence-corrected chi connectivity index (χ1v) is 16.1. The van der Waals surface area contributed by atoms with E-state index in [2.05, 4.69) is 32.6 Å². The number of hydrogen-bond acceptors (Lipinski definition) is 7. The number of benzene rings is 2. The number of rotatable bonds is 7. The summed E-state index contributed by atoms with van der Waals surface area (Å²) in [5, 5.41) is 0.202. The fraction of sp³-hybridized carbons (Fsp3) is 0.438. The van der Waals surface area contributed by atoms with Gasteiger partial charge in [-0.25, -0.2) is 0 Å². The topological polar surface area (TPSA) is 90.0 Å². The second kappa shape index (κ2) is 11.1. The van der Waals surface area contributed by atoms with Gasteiger partial charge in [0.25, 0.3) is 0 Å². The minimum absolute atomic E-state index is 0.0321. The monoisotopic (exact) mass is 631 g/mol. The Morgan fingerprint density at radius 1 is 0.881 bits per heavy atom. The number of carbonyl (C=O) groups excluding carboxylic acids is 2. The molecule has 42 heavy (non-hydrogen) atoms. The van der Waals surface area contributed by atoms with Crippen LogP contribution < -0.4 is 4.18 Å². The number of nitrogens with zero attached hydrogens (tertiary/aromatic N) is 1. The maximum absolute atomic E-state index is 14.1. The second-order valence-corrected chi connectivity index (χ2v) is 15.2. The fourth-order valence-electron chi connectivity index (χ4n) is 6.44. The lowest BCUT2D eigenvalue weighted by molar-refractivity contribution is -0.119. The van der Waals surface area contributed by atoms with Crippen molar-refractivity contribution in [3.8, 4) is 5.75 Å². The number of ether oxygens (including phenoxy) is 1. The summed E-state index contributed by atoms with van der Waals surface area (Å²) in [5.41, 5.74) is 2.18. The number of carbonyl (C=O) groups is 2. The van der Waals surface area contributed by atoms with Crippen molar-refractivity contribution in [3.63, 3.8) is 0 Å². The van der Waals surface area contributed by atoms with Crippen LogP contribution in [0.2, 0.25) is 10.0 Å². The molecule has 3 aliphatic rings. The van der Waals surface area contributed by atoms with Crippen LogP contribution in [0, 0.1) is 10.8 Å². The third-order valence-corrected chi connectivity index (χ3v) is 9.85. The zero-order valence-electron chi connectivity index (χ0n) is 24.4. The first-order chi connectivity index (χ1) is 19.6. The molecule has 0 aromatic heterocycles. The summed E-state index contributed by atoms with van der Waals surface area (Å²) < 4.78 is 38.0. The van der Waals surface area contributed by atoms with Gasteiger partial charge < -0.3 is 13.8 Å². The van der Waals surface area contributed by atoms with Gasteiger partial charge in [0.15, 0.2) is 17.3 Å². The zero-order valence-corrected chi connectivity index (χ0v) is 26.8. The number of hydrogen-bond donors (Lipinski definition) is 0. The van der Waals surface area contributed by atoms with Crippen molar-refractivity contribution in [1.82, 2.24) is 4.90 Å². The van der Waals surface area contributed by atoms with Gasteiger partial charge in [0.2, 0.25) is 0 Å². The Morgan fingerprint density at radius 2 is 1.43 bits per heavy atom. The number of allylic oxidation sites excluding steroid dienone is 4. The van der Waals surface area contributed by atoms with Gasteiger partial charge in [-0.2, -0.15) is 8.42 Å². The van der Waals surface area contributed by atoms with E-state index in [-0.39, 0.29) is 61.5 Å². The molecule has 2 aliphatic carbocycles. The van der Waals surface area contributed by atoms with E-state index in [9.17, 15) is 18.0 Å². The SMILES string of the molecule is COCCN1C2=C(C(=O)CC(C)(C)C2)C(c2cc(Cl)cc(Cl)c2OS(=O)(=O)c2ccccc2)C2=C1CC(C)(C)CC2=O. The van der Waals surface area contributed by atoms with E-state index in [0.29, 0.717) is 37.1 Å². The Kier molecular flexibility index (Phi) is 8.16. The summed E-state index contributed by atoms with van der Waals surface area (Å²) in [6.07, 6.45) is 1.73. The molecule has 0 fully saturated rings. The van der Waals surface area contributed by atoms with E-state index in [1.165, 1.54) is 18.2 Å². The fourth-order valence-corrected chi connectivity index (χ4v) is 8.02. The molecular formula is C32H35Cl2NO6S. The largest absolute Gasteiger partial charge is 0.383 e. The van der Waals surface area contributed by atoms with Crippen molar-refractivity contribution in [2.24, 2.45) is 10.8 Å². The maximum atomic E-state index is 14.1. The normalized spacial score (nSPS) is 20.5. The molecule has 2 aromatic rings. The summed E-state index contributed by atoms with van der Waals surface area (Å²) in [7, 11) is -2.69. The van der Waals surface area contributed by atoms with Gasteiger partial charge in [-0.05, 0) is 47.9 Å². The van der Waals surface area contributed by atoms with Gasteiger partial charge in [-0.1, -0.05) is 69.1 Å². The average Bonchev–Trinajstić information content (AvgIpc) is 2.87. The van der Waals surface area contributed by atoms with Gasteiger partial charge >= 0.3 is 10.1 Å². The highest BCUT2D eigenvalue weighted by atomic mass is 35.5. The summed E-state index contributed by atoms with van der Waals surface area (Å²) >= 11 is 13.2. The van der Waals surface area contributed by atoms with Crippen molar-refractivity contribution in [2.45, 2.75) is 64.2 Å². The van der Waals surface area contributed by atoms with Crippen molar-refractivity contribution < 1.29 is 26.9 Å². The van der Waals surface area contributed by atoms with Gasteiger partial charge in [-0.3, -0.25) is 9.59 Å². The van der Waals surface area contributed by atoms with Crippen LogP contribution >= 0.6 is 23.2 Å². The quantitative estimate of drug-likeness (QED) is 0.301. The standard InChI is InChI=1S/C32H35Cl2NO6S/c1-31(2)15-23-28(25(36)17-31)27(29-24(35(23)11-12-40-5)16-32(3,4)18-26(29)37)21-13-19(33)14-22(34)30(21)41-42(38,39)20-9-7-6-8-10-20/h6-10,13-14,27H,11-12,15-18H2,1-5H3. The first-order valence-electron chi connectivity index (χ1n) is 13.9. The van der Waals surface area contributed by atoms with E-state index in [1.807, 2.05) is 0 Å². The Bertz CT molecular complexity index is 1570. The van der Waals surface area contributed by atoms with E-state index in [0.717, 1.165) is 11.4 Å². The number of ketones is 2. The Labute approximate surface area is 257 Å². The highest BCUT2D eigenvalue weighted by molar-refractivity contribution is 7.87. The highest BCUT2D eigenvalue weighted by Crippen LogP contribution is 2.56. The van der Waals surface area contributed by atoms with E-state index < -0.39 is 16.0 Å². The lowest BCUT2D eigenvalue weighted by Gasteiger charge is -2.49. The van der Waals surface area contributed by atoms with Gasteiger partial charge in [0.05, 0.1) is 11.6 Å². The molecule has 2 aromatic carbocycles. The molecule has 1 aliphatic heterocycles. The third-order valence-electron chi connectivity index (χ3n) is 8.11. The summed E-state index contributed by atoms with van der Waals surface area (Å²) in [5.74, 6) is -1.25. The van der Waals surface area contributed by atoms with Crippen LogP contribution in [0.3, 0.4) is 0 Å². The van der Waals surface area contributed by atoms with Crippen LogP contribution in [-0.4, -0.2) is 45.1 Å².